The van der Waals surface area contributed by atoms with Crippen molar-refractivity contribution in [1.82, 2.24) is 4.98 Å². The number of amides is 1. The van der Waals surface area contributed by atoms with Gasteiger partial charge in [0.15, 0.2) is 6.61 Å². The van der Waals surface area contributed by atoms with E-state index in [-0.39, 0.29) is 15.7 Å². The molecule has 0 unspecified atom stereocenters. The van der Waals surface area contributed by atoms with Gasteiger partial charge in [-0.05, 0) is 30.7 Å². The van der Waals surface area contributed by atoms with Crippen LogP contribution in [0.25, 0.3) is 0 Å². The van der Waals surface area contributed by atoms with Crippen molar-refractivity contribution in [2.75, 3.05) is 11.9 Å². The molecule has 1 aromatic heterocycles. The predicted molar refractivity (Wildman–Crippen MR) is 89.4 cm³/mol. The Balaban J connectivity index is 1.93. The topological polar surface area (TPSA) is 68.3 Å². The third kappa shape index (κ3) is 4.82. The van der Waals surface area contributed by atoms with Crippen molar-refractivity contribution in [2.45, 2.75) is 6.92 Å². The number of carbonyl (C=O) groups excluding carboxylic acids is 2. The summed E-state index contributed by atoms with van der Waals surface area (Å²) in [5.74, 6) is -1.25. The molecule has 1 N–H and O–H groups in total. The Morgan fingerprint density at radius 3 is 2.57 bits per heavy atom. The lowest BCUT2D eigenvalue weighted by molar-refractivity contribution is -0.119. The Bertz CT molecular complexity index is 766. The van der Waals surface area contributed by atoms with Crippen molar-refractivity contribution in [2.24, 2.45) is 0 Å². The molecule has 0 aliphatic heterocycles. The van der Waals surface area contributed by atoms with Crippen LogP contribution in [0.2, 0.25) is 15.2 Å². The van der Waals surface area contributed by atoms with Crippen LogP contribution in [0, 0.1) is 6.92 Å². The number of carbonyl (C=O) groups is 2. The molecule has 0 fully saturated rings. The molecule has 1 heterocycles. The van der Waals surface area contributed by atoms with Crippen molar-refractivity contribution >= 4 is 52.4 Å². The first-order valence-electron chi connectivity index (χ1n) is 6.41. The fourth-order valence-corrected chi connectivity index (χ4v) is 2.21. The highest BCUT2D eigenvalue weighted by Gasteiger charge is 2.13. The lowest BCUT2D eigenvalue weighted by Gasteiger charge is -2.08. The Morgan fingerprint density at radius 2 is 1.91 bits per heavy atom. The highest BCUT2D eigenvalue weighted by Crippen LogP contribution is 2.23. The van der Waals surface area contributed by atoms with Gasteiger partial charge in [0.25, 0.3) is 5.91 Å². The van der Waals surface area contributed by atoms with E-state index in [9.17, 15) is 9.59 Å². The minimum Gasteiger partial charge on any atom is -0.452 e. The van der Waals surface area contributed by atoms with Crippen LogP contribution in [-0.4, -0.2) is 23.5 Å². The minimum atomic E-state index is -0.735. The molecule has 5 nitrogen and oxygen atoms in total. The molecule has 0 bridgehead atoms. The van der Waals surface area contributed by atoms with Gasteiger partial charge in [0.1, 0.15) is 5.15 Å². The standard InChI is InChI=1S/C15H11Cl3N2O3/c1-8-2-3-12(10(16)4-8)20-13(21)7-23-15(22)9-5-11(17)14(18)19-6-9/h2-6H,7H2,1H3,(H,20,21). The van der Waals surface area contributed by atoms with E-state index < -0.39 is 18.5 Å². The monoisotopic (exact) mass is 372 g/mol. The molecule has 2 aromatic rings. The molecule has 0 radical (unpaired) electrons. The molecule has 0 saturated carbocycles. The van der Waals surface area contributed by atoms with Gasteiger partial charge in [-0.2, -0.15) is 0 Å². The number of hydrogen-bond donors (Lipinski definition) is 1. The molecule has 23 heavy (non-hydrogen) atoms. The minimum absolute atomic E-state index is 0.0787. The second-order valence-electron chi connectivity index (χ2n) is 4.60. The van der Waals surface area contributed by atoms with E-state index >= 15 is 0 Å². The number of aromatic nitrogens is 1. The van der Waals surface area contributed by atoms with Crippen LogP contribution >= 0.6 is 34.8 Å². The number of benzene rings is 1. The van der Waals surface area contributed by atoms with Crippen LogP contribution in [0.4, 0.5) is 5.69 Å². The quantitative estimate of drug-likeness (QED) is 0.646. The summed E-state index contributed by atoms with van der Waals surface area (Å²) in [6, 6.07) is 6.49. The van der Waals surface area contributed by atoms with Gasteiger partial charge in [-0.25, -0.2) is 9.78 Å². The number of hydrogen-bond acceptors (Lipinski definition) is 4. The van der Waals surface area contributed by atoms with Gasteiger partial charge in [-0.15, -0.1) is 0 Å². The SMILES string of the molecule is Cc1ccc(NC(=O)COC(=O)c2cnc(Cl)c(Cl)c2)c(Cl)c1. The molecule has 1 aromatic carbocycles. The zero-order valence-electron chi connectivity index (χ0n) is 11.9. The second-order valence-corrected chi connectivity index (χ2v) is 5.78. The maximum Gasteiger partial charge on any atom is 0.340 e. The molecule has 0 atom stereocenters. The van der Waals surface area contributed by atoms with E-state index in [4.69, 9.17) is 39.5 Å². The maximum absolute atomic E-state index is 11.8. The molecule has 0 aliphatic carbocycles. The van der Waals surface area contributed by atoms with E-state index in [1.165, 1.54) is 12.3 Å². The Kier molecular flexibility index (Phi) is 5.82. The van der Waals surface area contributed by atoms with Gasteiger partial charge in [-0.3, -0.25) is 4.79 Å². The molecule has 0 saturated heterocycles. The summed E-state index contributed by atoms with van der Waals surface area (Å²) < 4.78 is 4.88. The summed E-state index contributed by atoms with van der Waals surface area (Å²) >= 11 is 17.4. The summed E-state index contributed by atoms with van der Waals surface area (Å²) in [4.78, 5) is 27.3. The van der Waals surface area contributed by atoms with Gasteiger partial charge in [0.05, 0.1) is 21.3 Å². The number of halogens is 3. The van der Waals surface area contributed by atoms with E-state index in [2.05, 4.69) is 10.3 Å². The van der Waals surface area contributed by atoms with Gasteiger partial charge in [-0.1, -0.05) is 40.9 Å². The van der Waals surface area contributed by atoms with Gasteiger partial charge in [0, 0.05) is 6.20 Å². The fraction of sp³-hybridized carbons (Fsp3) is 0.133. The van der Waals surface area contributed by atoms with Crippen LogP contribution < -0.4 is 5.32 Å². The fourth-order valence-electron chi connectivity index (χ4n) is 1.66. The number of ether oxygens (including phenoxy) is 1. The molecule has 2 rings (SSSR count). The third-order valence-corrected chi connectivity index (χ3v) is 3.76. The Labute approximate surface area is 147 Å². The van der Waals surface area contributed by atoms with Crippen molar-refractivity contribution in [3.8, 4) is 0 Å². The van der Waals surface area contributed by atoms with E-state index in [1.54, 1.807) is 18.2 Å². The van der Waals surface area contributed by atoms with Crippen LogP contribution in [-0.2, 0) is 9.53 Å². The van der Waals surface area contributed by atoms with Crippen molar-refractivity contribution in [1.29, 1.82) is 0 Å². The second kappa shape index (κ2) is 7.64. The van der Waals surface area contributed by atoms with Crippen molar-refractivity contribution in [3.63, 3.8) is 0 Å². The summed E-state index contributed by atoms with van der Waals surface area (Å²) in [5.41, 5.74) is 1.50. The summed E-state index contributed by atoms with van der Waals surface area (Å²) in [7, 11) is 0. The van der Waals surface area contributed by atoms with E-state index in [1.807, 2.05) is 6.92 Å². The van der Waals surface area contributed by atoms with E-state index in [0.717, 1.165) is 5.56 Å². The predicted octanol–water partition coefficient (Wildman–Crippen LogP) is 4.15. The summed E-state index contributed by atoms with van der Waals surface area (Å²) in [5, 5.41) is 3.16. The number of pyridine rings is 1. The number of esters is 1. The molecule has 0 spiro atoms. The highest BCUT2D eigenvalue weighted by atomic mass is 35.5. The molecule has 1 amide bonds. The van der Waals surface area contributed by atoms with Crippen LogP contribution in [0.3, 0.4) is 0 Å². The van der Waals surface area contributed by atoms with Crippen molar-refractivity contribution < 1.29 is 14.3 Å². The van der Waals surface area contributed by atoms with Crippen LogP contribution in [0.1, 0.15) is 15.9 Å². The summed E-state index contributed by atoms with van der Waals surface area (Å²) in [6.07, 6.45) is 1.21. The van der Waals surface area contributed by atoms with Gasteiger partial charge < -0.3 is 10.1 Å². The lowest BCUT2D eigenvalue weighted by Crippen LogP contribution is -2.21. The molecular weight excluding hydrogens is 363 g/mol. The zero-order valence-corrected chi connectivity index (χ0v) is 14.2. The van der Waals surface area contributed by atoms with Crippen molar-refractivity contribution in [3.05, 3.63) is 56.8 Å². The van der Waals surface area contributed by atoms with Crippen LogP contribution in [0.5, 0.6) is 0 Å². The highest BCUT2D eigenvalue weighted by molar-refractivity contribution is 6.41. The average molecular weight is 374 g/mol. The smallest absolute Gasteiger partial charge is 0.340 e. The Morgan fingerprint density at radius 1 is 1.17 bits per heavy atom. The molecule has 8 heteroatoms. The number of anilines is 1. The number of rotatable bonds is 4. The zero-order chi connectivity index (χ0) is 17.0. The number of nitrogens with one attached hydrogen (secondary N) is 1. The van der Waals surface area contributed by atoms with Gasteiger partial charge >= 0.3 is 5.97 Å². The molecular formula is C15H11Cl3N2O3. The first kappa shape index (κ1) is 17.5. The van der Waals surface area contributed by atoms with Gasteiger partial charge in [0.2, 0.25) is 0 Å². The summed E-state index contributed by atoms with van der Waals surface area (Å²) in [6.45, 7) is 1.41. The Hall–Kier alpha value is -1.82. The lowest BCUT2D eigenvalue weighted by atomic mass is 10.2. The molecule has 0 aliphatic rings. The first-order chi connectivity index (χ1) is 10.9. The first-order valence-corrected chi connectivity index (χ1v) is 7.54. The largest absolute Gasteiger partial charge is 0.452 e. The third-order valence-electron chi connectivity index (χ3n) is 2.77. The normalized spacial score (nSPS) is 10.3. The number of aryl methyl sites for hydroxylation is 1. The maximum atomic E-state index is 11.8. The average Bonchev–Trinajstić information content (AvgIpc) is 2.50. The van der Waals surface area contributed by atoms with Crippen LogP contribution in [0.15, 0.2) is 30.5 Å². The number of nitrogens with zero attached hydrogens (tertiary/aromatic N) is 1. The molecule has 120 valence electrons. The van der Waals surface area contributed by atoms with E-state index in [0.29, 0.717) is 10.7 Å².